The predicted molar refractivity (Wildman–Crippen MR) is 96.3 cm³/mol. The van der Waals surface area contributed by atoms with Gasteiger partial charge < -0.3 is 5.11 Å². The Bertz CT molecular complexity index is 1040. The van der Waals surface area contributed by atoms with Crippen LogP contribution in [0.1, 0.15) is 17.5 Å². The Labute approximate surface area is 193 Å². The van der Waals surface area contributed by atoms with Crippen LogP contribution in [0.5, 0.6) is 0 Å². The summed E-state index contributed by atoms with van der Waals surface area (Å²) in [6, 6.07) is 8.78. The first kappa shape index (κ1) is 29.0. The normalized spacial score (nSPS) is 16.2. The molecule has 1 N–H and O–H groups in total. The molecular weight excluding hydrogens is 539 g/mol. The molecule has 1 nitrogen and oxygen atoms in total. The van der Waals surface area contributed by atoms with E-state index in [9.17, 15) is 62.2 Å². The average molecular weight is 551 g/mol. The van der Waals surface area contributed by atoms with E-state index in [2.05, 4.69) is 0 Å². The summed E-state index contributed by atoms with van der Waals surface area (Å²) in [5.74, 6) is -37.8. The van der Waals surface area contributed by atoms with E-state index >= 15 is 0 Å². The number of hydrogen-bond acceptors (Lipinski definition) is 1. The third kappa shape index (κ3) is 4.54. The summed E-state index contributed by atoms with van der Waals surface area (Å²) in [5, 5.41) is 10.6. The molecule has 2 aromatic rings. The van der Waals surface area contributed by atoms with Gasteiger partial charge in [-0.15, -0.1) is 0 Å². The molecule has 0 aliphatic heterocycles. The average Bonchev–Trinajstić information content (AvgIpc) is 2.72. The van der Waals surface area contributed by atoms with Crippen LogP contribution in [0.4, 0.5) is 57.1 Å². The van der Waals surface area contributed by atoms with Crippen LogP contribution in [-0.4, -0.2) is 40.9 Å². The van der Waals surface area contributed by atoms with Gasteiger partial charge in [0.15, 0.2) is 0 Å². The number of rotatable bonds is 8. The standard InChI is InChI=1S/C20H12ClF13O/c21-13-8-4-7-12(9-13)14(35,11-5-2-1-3-6-11)10-15(22,23)16(24,25)17(26,27)18(28,29)19(30,31)20(32,33)34/h1-9,35H,10H2. The number of aliphatic hydroxyl groups is 1. The lowest BCUT2D eigenvalue weighted by atomic mass is 9.79. The smallest absolute Gasteiger partial charge is 0.380 e. The molecule has 0 saturated heterocycles. The van der Waals surface area contributed by atoms with Crippen molar-refractivity contribution in [3.05, 3.63) is 70.7 Å². The van der Waals surface area contributed by atoms with Gasteiger partial charge in [-0.3, -0.25) is 0 Å². The number of halogens is 14. The van der Waals surface area contributed by atoms with Crippen LogP contribution in [0, 0.1) is 0 Å². The highest BCUT2D eigenvalue weighted by Crippen LogP contribution is 2.61. The van der Waals surface area contributed by atoms with Crippen molar-refractivity contribution in [1.82, 2.24) is 0 Å². The fraction of sp³-hybridized carbons (Fsp3) is 0.400. The predicted octanol–water partition coefficient (Wildman–Crippen LogP) is 7.70. The van der Waals surface area contributed by atoms with E-state index in [-0.39, 0.29) is 5.02 Å². The third-order valence-corrected chi connectivity index (χ3v) is 5.26. The second-order valence-electron chi connectivity index (χ2n) is 7.41. The number of alkyl halides is 13. The Hall–Kier alpha value is -2.22. The summed E-state index contributed by atoms with van der Waals surface area (Å²) in [6.45, 7) is 0. The SMILES string of the molecule is OC(CC(F)(F)C(F)(F)C(F)(F)C(F)(F)C(F)(F)C(F)(F)F)(c1ccccc1)c1cccc(Cl)c1. The van der Waals surface area contributed by atoms with Gasteiger partial charge in [0, 0.05) is 5.02 Å². The molecule has 0 radical (unpaired) electrons. The van der Waals surface area contributed by atoms with Crippen LogP contribution in [0.25, 0.3) is 0 Å². The van der Waals surface area contributed by atoms with E-state index < -0.39 is 58.9 Å². The summed E-state index contributed by atoms with van der Waals surface area (Å²) in [4.78, 5) is 0. The number of benzene rings is 2. The zero-order valence-electron chi connectivity index (χ0n) is 16.6. The second kappa shape index (κ2) is 8.71. The third-order valence-electron chi connectivity index (χ3n) is 5.03. The van der Waals surface area contributed by atoms with Gasteiger partial charge in [0.2, 0.25) is 0 Å². The van der Waals surface area contributed by atoms with Crippen LogP contribution in [0.15, 0.2) is 54.6 Å². The molecule has 2 aromatic carbocycles. The highest BCUT2D eigenvalue weighted by molar-refractivity contribution is 6.30. The summed E-state index contributed by atoms with van der Waals surface area (Å²) < 4.78 is 175. The molecule has 2 rings (SSSR count). The van der Waals surface area contributed by atoms with Gasteiger partial charge in [-0.1, -0.05) is 54.1 Å². The van der Waals surface area contributed by atoms with Gasteiger partial charge in [0.1, 0.15) is 5.60 Å². The maximum atomic E-state index is 14.6. The molecule has 196 valence electrons. The lowest BCUT2D eigenvalue weighted by Crippen LogP contribution is -2.70. The van der Waals surface area contributed by atoms with Crippen LogP contribution in [-0.2, 0) is 5.60 Å². The van der Waals surface area contributed by atoms with Crippen molar-refractivity contribution in [2.75, 3.05) is 0 Å². The van der Waals surface area contributed by atoms with Gasteiger partial charge in [-0.2, -0.15) is 57.1 Å². The highest BCUT2D eigenvalue weighted by Gasteiger charge is 2.90. The molecule has 0 aliphatic carbocycles. The quantitative estimate of drug-likeness (QED) is 0.334. The largest absolute Gasteiger partial charge is 0.460 e. The van der Waals surface area contributed by atoms with E-state index in [4.69, 9.17) is 11.6 Å². The molecule has 0 aliphatic rings. The summed E-state index contributed by atoms with van der Waals surface area (Å²) >= 11 is 5.67. The molecule has 0 bridgehead atoms. The summed E-state index contributed by atoms with van der Waals surface area (Å²) in [5.41, 5.74) is -4.78. The van der Waals surface area contributed by atoms with Crippen LogP contribution >= 0.6 is 11.6 Å². The minimum Gasteiger partial charge on any atom is -0.380 e. The Balaban J connectivity index is 2.67. The van der Waals surface area contributed by atoms with Crippen LogP contribution in [0.3, 0.4) is 0 Å². The molecule has 0 heterocycles. The molecule has 15 heteroatoms. The zero-order chi connectivity index (χ0) is 27.3. The summed E-state index contributed by atoms with van der Waals surface area (Å²) in [6.07, 6.45) is -10.3. The Morgan fingerprint density at radius 2 is 1.03 bits per heavy atom. The van der Waals surface area contributed by atoms with Crippen molar-refractivity contribution < 1.29 is 62.2 Å². The molecule has 1 atom stereocenters. The Morgan fingerprint density at radius 1 is 0.571 bits per heavy atom. The maximum Gasteiger partial charge on any atom is 0.460 e. The van der Waals surface area contributed by atoms with Crippen LogP contribution < -0.4 is 0 Å². The monoisotopic (exact) mass is 550 g/mol. The van der Waals surface area contributed by atoms with E-state index in [0.717, 1.165) is 48.5 Å². The van der Waals surface area contributed by atoms with Gasteiger partial charge in [0.25, 0.3) is 0 Å². The molecule has 0 fully saturated rings. The van der Waals surface area contributed by atoms with Gasteiger partial charge in [0.05, 0.1) is 6.42 Å². The molecule has 0 amide bonds. The van der Waals surface area contributed by atoms with Gasteiger partial charge in [-0.05, 0) is 23.3 Å². The van der Waals surface area contributed by atoms with Crippen molar-refractivity contribution in [2.45, 2.75) is 47.8 Å². The lowest BCUT2D eigenvalue weighted by molar-refractivity contribution is -0.441. The first-order valence-corrected chi connectivity index (χ1v) is 9.44. The molecule has 0 aromatic heterocycles. The molecule has 35 heavy (non-hydrogen) atoms. The van der Waals surface area contributed by atoms with Crippen molar-refractivity contribution in [1.29, 1.82) is 0 Å². The molecule has 1 unspecified atom stereocenters. The minimum absolute atomic E-state index is 0.284. The molecular formula is C20H12ClF13O. The Kier molecular flexibility index (Phi) is 7.22. The minimum atomic E-state index is -8.02. The fourth-order valence-corrected chi connectivity index (χ4v) is 3.26. The van der Waals surface area contributed by atoms with E-state index in [0.29, 0.717) is 0 Å². The lowest BCUT2D eigenvalue weighted by Gasteiger charge is -2.42. The molecule has 0 spiro atoms. The van der Waals surface area contributed by atoms with E-state index in [1.807, 2.05) is 0 Å². The topological polar surface area (TPSA) is 20.2 Å². The van der Waals surface area contributed by atoms with Crippen molar-refractivity contribution >= 4 is 11.6 Å². The van der Waals surface area contributed by atoms with Crippen molar-refractivity contribution in [3.63, 3.8) is 0 Å². The molecule has 0 saturated carbocycles. The fourth-order valence-electron chi connectivity index (χ4n) is 3.06. The Morgan fingerprint density at radius 3 is 1.49 bits per heavy atom. The van der Waals surface area contributed by atoms with E-state index in [1.165, 1.54) is 6.07 Å². The highest BCUT2D eigenvalue weighted by atomic mass is 35.5. The van der Waals surface area contributed by atoms with E-state index in [1.54, 1.807) is 0 Å². The zero-order valence-corrected chi connectivity index (χ0v) is 17.4. The maximum absolute atomic E-state index is 14.6. The van der Waals surface area contributed by atoms with Crippen molar-refractivity contribution in [3.8, 4) is 0 Å². The first-order valence-electron chi connectivity index (χ1n) is 9.06. The summed E-state index contributed by atoms with van der Waals surface area (Å²) in [7, 11) is 0. The number of hydrogen-bond donors (Lipinski definition) is 1. The van der Waals surface area contributed by atoms with Gasteiger partial charge in [-0.25, -0.2) is 0 Å². The van der Waals surface area contributed by atoms with Crippen molar-refractivity contribution in [2.24, 2.45) is 0 Å². The second-order valence-corrected chi connectivity index (χ2v) is 7.85. The van der Waals surface area contributed by atoms with Crippen LogP contribution in [0.2, 0.25) is 5.02 Å². The van der Waals surface area contributed by atoms with Gasteiger partial charge >= 0.3 is 35.8 Å². The first-order chi connectivity index (χ1) is 15.6.